The van der Waals surface area contributed by atoms with Crippen molar-refractivity contribution in [3.05, 3.63) is 42.2 Å². The molecule has 5 N–H and O–H groups in total. The van der Waals surface area contributed by atoms with Crippen LogP contribution in [-0.2, 0) is 0 Å². The summed E-state index contributed by atoms with van der Waals surface area (Å²) in [5.41, 5.74) is 13.2. The van der Waals surface area contributed by atoms with Gasteiger partial charge in [-0.2, -0.15) is 0 Å². The van der Waals surface area contributed by atoms with Gasteiger partial charge in [0, 0.05) is 18.0 Å². The van der Waals surface area contributed by atoms with Crippen molar-refractivity contribution in [1.29, 1.82) is 0 Å². The Balaban J connectivity index is 2.24. The first kappa shape index (κ1) is 8.77. The third-order valence-corrected chi connectivity index (χ3v) is 2.03. The molecule has 1 aromatic rings. The smallest absolute Gasteiger partial charge is 0.123 e. The number of rotatable bonds is 1. The number of nitrogen functional groups attached to an aromatic ring is 1. The third kappa shape index (κ3) is 1.75. The first-order chi connectivity index (χ1) is 6.75. The van der Waals surface area contributed by atoms with Crippen LogP contribution < -0.4 is 16.8 Å². The van der Waals surface area contributed by atoms with E-state index >= 15 is 0 Å². The number of hydrogen-bond acceptors (Lipinski definition) is 4. The van der Waals surface area contributed by atoms with Crippen LogP contribution in [0.25, 0.3) is 5.57 Å². The average molecular weight is 188 g/mol. The molecular formula is C10H12N4. The zero-order valence-corrected chi connectivity index (χ0v) is 7.64. The molecule has 2 heterocycles. The van der Waals surface area contributed by atoms with Crippen molar-refractivity contribution in [2.45, 2.75) is 6.17 Å². The van der Waals surface area contributed by atoms with Gasteiger partial charge in [0.25, 0.3) is 0 Å². The zero-order valence-electron chi connectivity index (χ0n) is 7.64. The van der Waals surface area contributed by atoms with Crippen LogP contribution in [-0.4, -0.2) is 11.1 Å². The first-order valence-corrected chi connectivity index (χ1v) is 4.37. The standard InChI is InChI=1S/C10H12N4/c11-9-3-1-7(5-13-9)8-2-4-10(12)14-6-8/h1-6,9,13H,11H2,(H2,12,14). The Morgan fingerprint density at radius 3 is 2.79 bits per heavy atom. The van der Waals surface area contributed by atoms with E-state index in [0.717, 1.165) is 11.1 Å². The van der Waals surface area contributed by atoms with E-state index in [4.69, 9.17) is 11.5 Å². The molecule has 0 aromatic carbocycles. The van der Waals surface area contributed by atoms with Gasteiger partial charge in [0.05, 0.1) is 6.17 Å². The maximum absolute atomic E-state index is 5.62. The minimum absolute atomic E-state index is 0.0968. The van der Waals surface area contributed by atoms with Gasteiger partial charge in [-0.1, -0.05) is 6.08 Å². The molecule has 2 rings (SSSR count). The number of allylic oxidation sites excluding steroid dienone is 2. The Bertz CT molecular complexity index is 378. The van der Waals surface area contributed by atoms with Gasteiger partial charge in [0.2, 0.25) is 0 Å². The number of anilines is 1. The quantitative estimate of drug-likeness (QED) is 0.598. The highest BCUT2D eigenvalue weighted by Crippen LogP contribution is 2.16. The summed E-state index contributed by atoms with van der Waals surface area (Å²) in [5, 5.41) is 3.02. The lowest BCUT2D eigenvalue weighted by molar-refractivity contribution is 0.730. The highest BCUT2D eigenvalue weighted by atomic mass is 15.0. The summed E-state index contributed by atoms with van der Waals surface area (Å²) in [6.45, 7) is 0. The number of nitrogens with one attached hydrogen (secondary N) is 1. The van der Waals surface area contributed by atoms with Crippen molar-refractivity contribution in [1.82, 2.24) is 10.3 Å². The van der Waals surface area contributed by atoms with Gasteiger partial charge in [-0.05, 0) is 23.8 Å². The zero-order chi connectivity index (χ0) is 9.97. The molecule has 1 atom stereocenters. The summed E-state index contributed by atoms with van der Waals surface area (Å²) in [5.74, 6) is 0.527. The maximum Gasteiger partial charge on any atom is 0.123 e. The van der Waals surface area contributed by atoms with Gasteiger partial charge in [0.1, 0.15) is 5.82 Å². The van der Waals surface area contributed by atoms with Crippen LogP contribution in [0.1, 0.15) is 5.56 Å². The molecule has 14 heavy (non-hydrogen) atoms. The molecule has 0 spiro atoms. The van der Waals surface area contributed by atoms with E-state index in [1.807, 2.05) is 24.4 Å². The lowest BCUT2D eigenvalue weighted by Crippen LogP contribution is -2.33. The minimum Gasteiger partial charge on any atom is -0.384 e. The molecule has 1 aromatic heterocycles. The van der Waals surface area contributed by atoms with E-state index in [2.05, 4.69) is 10.3 Å². The normalized spacial score (nSPS) is 20.1. The minimum atomic E-state index is -0.0968. The fraction of sp³-hybridized carbons (Fsp3) is 0.100. The van der Waals surface area contributed by atoms with Gasteiger partial charge in [-0.3, -0.25) is 0 Å². The van der Waals surface area contributed by atoms with E-state index in [0.29, 0.717) is 5.82 Å². The molecular weight excluding hydrogens is 176 g/mol. The summed E-state index contributed by atoms with van der Waals surface area (Å²) in [6.07, 6.45) is 7.38. The molecule has 1 unspecified atom stereocenters. The van der Waals surface area contributed by atoms with E-state index in [-0.39, 0.29) is 6.17 Å². The molecule has 4 nitrogen and oxygen atoms in total. The van der Waals surface area contributed by atoms with E-state index < -0.39 is 0 Å². The number of hydrogen-bond donors (Lipinski definition) is 3. The van der Waals surface area contributed by atoms with Gasteiger partial charge in [0.15, 0.2) is 0 Å². The summed E-state index contributed by atoms with van der Waals surface area (Å²) >= 11 is 0. The topological polar surface area (TPSA) is 77.0 Å². The predicted octanol–water partition coefficient (Wildman–Crippen LogP) is 0.449. The van der Waals surface area contributed by atoms with Crippen molar-refractivity contribution in [3.8, 4) is 0 Å². The summed E-state index contributed by atoms with van der Waals surface area (Å²) < 4.78 is 0. The number of nitrogens with two attached hydrogens (primary N) is 2. The van der Waals surface area contributed by atoms with Crippen molar-refractivity contribution in [3.63, 3.8) is 0 Å². The Morgan fingerprint density at radius 2 is 2.21 bits per heavy atom. The fourth-order valence-corrected chi connectivity index (χ4v) is 1.25. The molecule has 0 amide bonds. The predicted molar refractivity (Wildman–Crippen MR) is 56.9 cm³/mol. The van der Waals surface area contributed by atoms with Crippen molar-refractivity contribution < 1.29 is 0 Å². The van der Waals surface area contributed by atoms with Gasteiger partial charge in [-0.15, -0.1) is 0 Å². The Hall–Kier alpha value is -1.81. The lowest BCUT2D eigenvalue weighted by Gasteiger charge is -2.14. The largest absolute Gasteiger partial charge is 0.384 e. The summed E-state index contributed by atoms with van der Waals surface area (Å²) in [6, 6.07) is 3.70. The Kier molecular flexibility index (Phi) is 2.20. The van der Waals surface area contributed by atoms with Crippen molar-refractivity contribution >= 4 is 11.4 Å². The van der Waals surface area contributed by atoms with E-state index in [9.17, 15) is 0 Å². The van der Waals surface area contributed by atoms with E-state index in [1.54, 1.807) is 12.3 Å². The van der Waals surface area contributed by atoms with Crippen LogP contribution >= 0.6 is 0 Å². The fourth-order valence-electron chi connectivity index (χ4n) is 1.25. The lowest BCUT2D eigenvalue weighted by atomic mass is 10.1. The van der Waals surface area contributed by atoms with E-state index in [1.165, 1.54) is 0 Å². The monoisotopic (exact) mass is 188 g/mol. The molecule has 0 saturated heterocycles. The second-order valence-electron chi connectivity index (χ2n) is 3.12. The maximum atomic E-state index is 5.62. The average Bonchev–Trinajstić information content (AvgIpc) is 2.21. The molecule has 0 fully saturated rings. The second-order valence-corrected chi connectivity index (χ2v) is 3.12. The highest BCUT2D eigenvalue weighted by molar-refractivity contribution is 5.74. The number of pyridine rings is 1. The van der Waals surface area contributed by atoms with Crippen LogP contribution in [0.15, 0.2) is 36.7 Å². The first-order valence-electron chi connectivity index (χ1n) is 4.37. The molecule has 4 heteroatoms. The van der Waals surface area contributed by atoms with Gasteiger partial charge >= 0.3 is 0 Å². The van der Waals surface area contributed by atoms with Gasteiger partial charge < -0.3 is 16.8 Å². The number of aromatic nitrogens is 1. The summed E-state index contributed by atoms with van der Waals surface area (Å²) in [7, 11) is 0. The molecule has 0 bridgehead atoms. The molecule has 1 aliphatic heterocycles. The number of dihydropyridines is 1. The molecule has 1 aliphatic rings. The second kappa shape index (κ2) is 3.51. The number of nitrogens with zero attached hydrogens (tertiary/aromatic N) is 1. The molecule has 0 aliphatic carbocycles. The molecule has 0 saturated carbocycles. The third-order valence-electron chi connectivity index (χ3n) is 2.03. The Labute approximate surface area is 82.3 Å². The molecule has 0 radical (unpaired) electrons. The van der Waals surface area contributed by atoms with Crippen LogP contribution in [0.4, 0.5) is 5.82 Å². The highest BCUT2D eigenvalue weighted by Gasteiger charge is 2.04. The Morgan fingerprint density at radius 1 is 1.36 bits per heavy atom. The van der Waals surface area contributed by atoms with Crippen LogP contribution in [0, 0.1) is 0 Å². The van der Waals surface area contributed by atoms with Crippen molar-refractivity contribution in [2.75, 3.05) is 5.73 Å². The van der Waals surface area contributed by atoms with Crippen LogP contribution in [0.3, 0.4) is 0 Å². The summed E-state index contributed by atoms with van der Waals surface area (Å²) in [4.78, 5) is 4.02. The van der Waals surface area contributed by atoms with Crippen molar-refractivity contribution in [2.24, 2.45) is 5.73 Å². The SMILES string of the molecule is Nc1ccc(C2=CNC(N)C=C2)cn1. The van der Waals surface area contributed by atoms with Crippen LogP contribution in [0.2, 0.25) is 0 Å². The van der Waals surface area contributed by atoms with Gasteiger partial charge in [-0.25, -0.2) is 4.98 Å². The van der Waals surface area contributed by atoms with Crippen LogP contribution in [0.5, 0.6) is 0 Å². The molecule has 72 valence electrons.